The maximum Gasteiger partial charge on any atom is 0.371 e. The van der Waals surface area contributed by atoms with Crippen molar-refractivity contribution in [2.24, 2.45) is 0 Å². The summed E-state index contributed by atoms with van der Waals surface area (Å²) < 4.78 is 0. The fourth-order valence-electron chi connectivity index (χ4n) is 0.746. The summed E-state index contributed by atoms with van der Waals surface area (Å²) in [4.78, 5) is 23.9. The predicted octanol–water partition coefficient (Wildman–Crippen LogP) is 0.724. The molecule has 0 saturated carbocycles. The van der Waals surface area contributed by atoms with E-state index in [0.717, 1.165) is 0 Å². The number of allylic oxidation sites excluding steroid dienone is 1. The van der Waals surface area contributed by atoms with E-state index in [1.54, 1.807) is 0 Å². The molecule has 0 aliphatic rings. The maximum absolute atomic E-state index is 11.1. The number of aliphatic hydroxyl groups excluding tert-OH is 1. The molecule has 5 nitrogen and oxygen atoms in total. The molecule has 5 heteroatoms. The molecule has 1 rings (SSSR count). The molecule has 1 heterocycles. The van der Waals surface area contributed by atoms with Gasteiger partial charge in [0.25, 0.3) is 0 Å². The minimum Gasteiger partial charge on any atom is -0.502 e. The quantitative estimate of drug-likeness (QED) is 0.364. The third-order valence-electron chi connectivity index (χ3n) is 1.37. The smallest absolute Gasteiger partial charge is 0.371 e. The van der Waals surface area contributed by atoms with Crippen molar-refractivity contribution >= 4 is 11.8 Å². The van der Waals surface area contributed by atoms with Gasteiger partial charge in [-0.25, -0.2) is 4.79 Å². The third kappa shape index (κ3) is 2.19. The van der Waals surface area contributed by atoms with Crippen molar-refractivity contribution in [3.63, 3.8) is 0 Å². The highest BCUT2D eigenvalue weighted by Gasteiger charge is 2.08. The Morgan fingerprint density at radius 3 is 2.54 bits per heavy atom. The molecular weight excluding hydrogens is 174 g/mol. The Hall–Kier alpha value is -2.04. The van der Waals surface area contributed by atoms with Crippen LogP contribution in [0.1, 0.15) is 10.4 Å². The van der Waals surface area contributed by atoms with Crippen LogP contribution in [-0.4, -0.2) is 26.9 Å². The van der Waals surface area contributed by atoms with Crippen molar-refractivity contribution in [1.29, 1.82) is 0 Å². The molecule has 0 saturated heterocycles. The van der Waals surface area contributed by atoms with Gasteiger partial charge in [0.2, 0.25) is 5.76 Å². The second-order valence-corrected chi connectivity index (χ2v) is 2.30. The number of hydrogen-bond acceptors (Lipinski definition) is 3. The van der Waals surface area contributed by atoms with Crippen molar-refractivity contribution in [2.75, 3.05) is 0 Å². The van der Waals surface area contributed by atoms with Crippen LogP contribution < -0.4 is 0 Å². The Balaban J connectivity index is 2.82. The normalized spacial score (nSPS) is 11.2. The van der Waals surface area contributed by atoms with Gasteiger partial charge < -0.3 is 15.2 Å². The van der Waals surface area contributed by atoms with Crippen LogP contribution in [0, 0.1) is 0 Å². The van der Waals surface area contributed by atoms with Crippen molar-refractivity contribution in [3.8, 4) is 0 Å². The van der Waals surface area contributed by atoms with Gasteiger partial charge in [-0.1, -0.05) is 0 Å². The van der Waals surface area contributed by atoms with Gasteiger partial charge in [-0.15, -0.1) is 0 Å². The number of rotatable bonds is 3. The highest BCUT2D eigenvalue weighted by atomic mass is 16.4. The number of carbonyl (C=O) groups is 2. The molecule has 0 aromatic carbocycles. The number of carbonyl (C=O) groups excluding carboxylic acids is 1. The van der Waals surface area contributed by atoms with E-state index >= 15 is 0 Å². The molecule has 13 heavy (non-hydrogen) atoms. The van der Waals surface area contributed by atoms with E-state index in [9.17, 15) is 9.59 Å². The number of aliphatic carboxylic acids is 1. The minimum absolute atomic E-state index is 0.299. The van der Waals surface area contributed by atoms with Crippen molar-refractivity contribution in [2.45, 2.75) is 0 Å². The molecule has 0 amide bonds. The summed E-state index contributed by atoms with van der Waals surface area (Å²) in [6, 6.07) is 1.48. The van der Waals surface area contributed by atoms with Crippen LogP contribution in [0.5, 0.6) is 0 Å². The summed E-state index contributed by atoms with van der Waals surface area (Å²) in [5.41, 5.74) is 0.299. The number of aromatic amines is 1. The Labute approximate surface area is 73.3 Å². The summed E-state index contributed by atoms with van der Waals surface area (Å²) in [6.07, 6.45) is 3.60. The Morgan fingerprint density at radius 2 is 2.08 bits per heavy atom. The summed E-state index contributed by atoms with van der Waals surface area (Å²) in [7, 11) is 0. The Kier molecular flexibility index (Phi) is 2.49. The van der Waals surface area contributed by atoms with Crippen molar-refractivity contribution in [1.82, 2.24) is 4.98 Å². The molecule has 0 atom stereocenters. The highest BCUT2D eigenvalue weighted by Crippen LogP contribution is 2.01. The number of aliphatic hydroxyl groups is 1. The van der Waals surface area contributed by atoms with Crippen LogP contribution in [0.4, 0.5) is 0 Å². The first kappa shape index (κ1) is 9.05. The molecule has 0 radical (unpaired) electrons. The molecule has 1 aromatic rings. The fraction of sp³-hybridized carbons (Fsp3) is 0. The molecule has 0 unspecified atom stereocenters. The van der Waals surface area contributed by atoms with Gasteiger partial charge in [0.15, 0.2) is 5.78 Å². The lowest BCUT2D eigenvalue weighted by atomic mass is 10.2. The molecule has 0 aliphatic carbocycles. The van der Waals surface area contributed by atoms with E-state index in [-0.39, 0.29) is 0 Å². The number of hydrogen-bond donors (Lipinski definition) is 3. The SMILES string of the molecule is O=C(O)/C(O)=C/C(=O)c1cc[nH]c1. The zero-order valence-corrected chi connectivity index (χ0v) is 6.52. The lowest BCUT2D eigenvalue weighted by Crippen LogP contribution is -2.03. The van der Waals surface area contributed by atoms with Gasteiger partial charge in [0.1, 0.15) is 0 Å². The Morgan fingerprint density at radius 1 is 1.38 bits per heavy atom. The number of nitrogens with one attached hydrogen (secondary N) is 1. The number of ketones is 1. The van der Waals surface area contributed by atoms with E-state index in [4.69, 9.17) is 10.2 Å². The first-order valence-corrected chi connectivity index (χ1v) is 3.42. The average molecular weight is 181 g/mol. The number of carboxylic acid groups (broad SMARTS) is 1. The van der Waals surface area contributed by atoms with Crippen LogP contribution in [0.15, 0.2) is 30.3 Å². The monoisotopic (exact) mass is 181 g/mol. The van der Waals surface area contributed by atoms with E-state index < -0.39 is 17.5 Å². The van der Waals surface area contributed by atoms with Gasteiger partial charge in [0.05, 0.1) is 0 Å². The Bertz CT molecular complexity index is 350. The van der Waals surface area contributed by atoms with E-state index in [1.807, 2.05) is 0 Å². The average Bonchev–Trinajstić information content (AvgIpc) is 2.55. The summed E-state index contributed by atoms with van der Waals surface area (Å²) in [5, 5.41) is 17.0. The van der Waals surface area contributed by atoms with Gasteiger partial charge in [-0.05, 0) is 6.07 Å². The molecule has 3 N–H and O–H groups in total. The van der Waals surface area contributed by atoms with E-state index in [2.05, 4.69) is 4.98 Å². The molecule has 0 spiro atoms. The number of aromatic nitrogens is 1. The zero-order chi connectivity index (χ0) is 9.84. The molecular formula is C8H7NO4. The lowest BCUT2D eigenvalue weighted by Gasteiger charge is -1.90. The maximum atomic E-state index is 11.1. The van der Waals surface area contributed by atoms with Crippen LogP contribution in [-0.2, 0) is 4.79 Å². The molecule has 0 bridgehead atoms. The van der Waals surface area contributed by atoms with E-state index in [1.165, 1.54) is 18.5 Å². The van der Waals surface area contributed by atoms with Gasteiger partial charge in [0, 0.05) is 24.0 Å². The standard InChI is InChI=1S/C8H7NO4/c10-6(3-7(11)8(12)13)5-1-2-9-4-5/h1-4,9,11H,(H,12,13)/b7-3-. The van der Waals surface area contributed by atoms with Gasteiger partial charge >= 0.3 is 5.97 Å². The minimum atomic E-state index is -1.52. The van der Waals surface area contributed by atoms with Gasteiger partial charge in [-0.3, -0.25) is 4.79 Å². The predicted molar refractivity (Wildman–Crippen MR) is 43.5 cm³/mol. The fourth-order valence-corrected chi connectivity index (χ4v) is 0.746. The third-order valence-corrected chi connectivity index (χ3v) is 1.37. The van der Waals surface area contributed by atoms with Gasteiger partial charge in [-0.2, -0.15) is 0 Å². The summed E-state index contributed by atoms with van der Waals surface area (Å²) >= 11 is 0. The number of carboxylic acids is 1. The first-order valence-electron chi connectivity index (χ1n) is 3.42. The van der Waals surface area contributed by atoms with Crippen molar-refractivity contribution in [3.05, 3.63) is 35.9 Å². The first-order chi connectivity index (χ1) is 6.11. The van der Waals surface area contributed by atoms with Crippen LogP contribution >= 0.6 is 0 Å². The van der Waals surface area contributed by atoms with Crippen LogP contribution in [0.2, 0.25) is 0 Å². The number of H-pyrrole nitrogens is 1. The largest absolute Gasteiger partial charge is 0.502 e. The van der Waals surface area contributed by atoms with Crippen molar-refractivity contribution < 1.29 is 19.8 Å². The van der Waals surface area contributed by atoms with Crippen LogP contribution in [0.25, 0.3) is 0 Å². The molecule has 0 aliphatic heterocycles. The molecule has 1 aromatic heterocycles. The molecule has 68 valence electrons. The topological polar surface area (TPSA) is 90.4 Å². The lowest BCUT2D eigenvalue weighted by molar-refractivity contribution is -0.135. The second kappa shape index (κ2) is 3.57. The van der Waals surface area contributed by atoms with Crippen LogP contribution in [0.3, 0.4) is 0 Å². The highest BCUT2D eigenvalue weighted by molar-refractivity contribution is 6.07. The van der Waals surface area contributed by atoms with E-state index in [0.29, 0.717) is 11.6 Å². The second-order valence-electron chi connectivity index (χ2n) is 2.30. The molecule has 0 fully saturated rings. The summed E-state index contributed by atoms with van der Waals surface area (Å²) in [5.74, 6) is -3.05. The summed E-state index contributed by atoms with van der Waals surface area (Å²) in [6.45, 7) is 0. The zero-order valence-electron chi connectivity index (χ0n) is 6.52.